The van der Waals surface area contributed by atoms with Gasteiger partial charge in [0.1, 0.15) is 29.0 Å². The molecule has 0 amide bonds. The molecule has 1 aromatic heterocycles. The van der Waals surface area contributed by atoms with Crippen molar-refractivity contribution in [1.82, 2.24) is 4.98 Å². The zero-order valence-electron chi connectivity index (χ0n) is 11.2. The molecule has 2 aromatic rings. The summed E-state index contributed by atoms with van der Waals surface area (Å²) in [7, 11) is 0. The SMILES string of the molecule is Cc1ccc(OCc2nc(/C=C(/C#N)C(=O)O)cs2)cc1. The molecule has 0 atom stereocenters. The van der Waals surface area contributed by atoms with Gasteiger partial charge in [0.15, 0.2) is 0 Å². The molecule has 0 aliphatic rings. The number of rotatable bonds is 5. The van der Waals surface area contributed by atoms with Gasteiger partial charge in [0.2, 0.25) is 0 Å². The second-order valence-corrected chi connectivity index (χ2v) is 5.19. The highest BCUT2D eigenvalue weighted by molar-refractivity contribution is 7.09. The molecule has 0 spiro atoms. The van der Waals surface area contributed by atoms with E-state index in [4.69, 9.17) is 15.1 Å². The Bertz CT molecular complexity index is 711. The Morgan fingerprint density at radius 1 is 1.48 bits per heavy atom. The molecule has 0 aliphatic carbocycles. The number of hydrogen-bond acceptors (Lipinski definition) is 5. The lowest BCUT2D eigenvalue weighted by atomic mass is 10.2. The Balaban J connectivity index is 2.02. The molecule has 0 bridgehead atoms. The van der Waals surface area contributed by atoms with E-state index in [1.165, 1.54) is 17.4 Å². The van der Waals surface area contributed by atoms with E-state index in [0.717, 1.165) is 11.3 Å². The lowest BCUT2D eigenvalue weighted by molar-refractivity contribution is -0.132. The average molecular weight is 300 g/mol. The van der Waals surface area contributed by atoms with E-state index in [1.54, 1.807) is 11.4 Å². The molecule has 0 unspecified atom stereocenters. The molecule has 1 N–H and O–H groups in total. The number of carboxylic acid groups (broad SMARTS) is 1. The van der Waals surface area contributed by atoms with Crippen molar-refractivity contribution >= 4 is 23.4 Å². The summed E-state index contributed by atoms with van der Waals surface area (Å²) < 4.78 is 5.59. The molecule has 0 saturated heterocycles. The van der Waals surface area contributed by atoms with Gasteiger partial charge in [-0.1, -0.05) is 17.7 Å². The quantitative estimate of drug-likeness (QED) is 0.678. The molecule has 5 nitrogen and oxygen atoms in total. The number of ether oxygens (including phenoxy) is 1. The lowest BCUT2D eigenvalue weighted by Crippen LogP contribution is -1.98. The second kappa shape index (κ2) is 6.68. The third-order valence-electron chi connectivity index (χ3n) is 2.60. The molecule has 0 fully saturated rings. The number of hydrogen-bond donors (Lipinski definition) is 1. The first-order valence-electron chi connectivity index (χ1n) is 6.07. The summed E-state index contributed by atoms with van der Waals surface area (Å²) in [4.78, 5) is 15.0. The Labute approximate surface area is 125 Å². The van der Waals surface area contributed by atoms with Crippen molar-refractivity contribution < 1.29 is 14.6 Å². The lowest BCUT2D eigenvalue weighted by Gasteiger charge is -2.03. The molecular formula is C15H12N2O3S. The molecule has 1 aromatic carbocycles. The maximum atomic E-state index is 10.7. The van der Waals surface area contributed by atoms with Crippen molar-refractivity contribution in [3.63, 3.8) is 0 Å². The van der Waals surface area contributed by atoms with Crippen LogP contribution in [-0.2, 0) is 11.4 Å². The molecular weight excluding hydrogens is 288 g/mol. The van der Waals surface area contributed by atoms with Gasteiger partial charge in [-0.2, -0.15) is 5.26 Å². The van der Waals surface area contributed by atoms with Crippen molar-refractivity contribution in [2.45, 2.75) is 13.5 Å². The van der Waals surface area contributed by atoms with Crippen LogP contribution in [-0.4, -0.2) is 16.1 Å². The summed E-state index contributed by atoms with van der Waals surface area (Å²) in [6.45, 7) is 2.30. The standard InChI is InChI=1S/C15H12N2O3S/c1-10-2-4-13(5-3-10)20-8-14-17-12(9-21-14)6-11(7-16)15(18)19/h2-6,9H,8H2,1H3,(H,18,19)/b11-6-. The van der Waals surface area contributed by atoms with Crippen LogP contribution in [0.25, 0.3) is 6.08 Å². The Morgan fingerprint density at radius 2 is 2.19 bits per heavy atom. The topological polar surface area (TPSA) is 83.2 Å². The maximum Gasteiger partial charge on any atom is 0.346 e. The van der Waals surface area contributed by atoms with Crippen LogP contribution in [0, 0.1) is 18.3 Å². The van der Waals surface area contributed by atoms with Gasteiger partial charge in [0.05, 0.1) is 5.69 Å². The van der Waals surface area contributed by atoms with E-state index < -0.39 is 5.97 Å². The second-order valence-electron chi connectivity index (χ2n) is 4.24. The van der Waals surface area contributed by atoms with Crippen LogP contribution < -0.4 is 4.74 Å². The number of aryl methyl sites for hydroxylation is 1. The molecule has 2 rings (SSSR count). The molecule has 106 valence electrons. The summed E-state index contributed by atoms with van der Waals surface area (Å²) >= 11 is 1.35. The smallest absolute Gasteiger partial charge is 0.346 e. The first kappa shape index (κ1) is 14.8. The third kappa shape index (κ3) is 4.16. The minimum Gasteiger partial charge on any atom is -0.486 e. The van der Waals surface area contributed by atoms with Gasteiger partial charge in [-0.15, -0.1) is 11.3 Å². The minimum atomic E-state index is -1.26. The largest absolute Gasteiger partial charge is 0.486 e. The van der Waals surface area contributed by atoms with Crippen molar-refractivity contribution in [3.8, 4) is 11.8 Å². The number of benzene rings is 1. The minimum absolute atomic E-state index is 0.302. The molecule has 6 heteroatoms. The first-order chi connectivity index (χ1) is 10.1. The zero-order chi connectivity index (χ0) is 15.2. The number of carbonyl (C=O) groups is 1. The van der Waals surface area contributed by atoms with Crippen LogP contribution in [0.5, 0.6) is 5.75 Å². The van der Waals surface area contributed by atoms with Gasteiger partial charge in [-0.3, -0.25) is 0 Å². The fourth-order valence-electron chi connectivity index (χ4n) is 1.53. The van der Waals surface area contributed by atoms with Crippen molar-refractivity contribution in [3.05, 3.63) is 51.5 Å². The van der Waals surface area contributed by atoms with Gasteiger partial charge >= 0.3 is 5.97 Å². The van der Waals surface area contributed by atoms with Crippen LogP contribution in [0.1, 0.15) is 16.3 Å². The predicted octanol–water partition coefficient (Wildman–Crippen LogP) is 3.02. The summed E-state index contributed by atoms with van der Waals surface area (Å²) in [5.41, 5.74) is 1.26. The predicted molar refractivity (Wildman–Crippen MR) is 78.9 cm³/mol. The number of thiazole rings is 1. The molecule has 1 heterocycles. The summed E-state index contributed by atoms with van der Waals surface area (Å²) in [6.07, 6.45) is 1.24. The molecule has 21 heavy (non-hydrogen) atoms. The van der Waals surface area contributed by atoms with Gasteiger partial charge in [0, 0.05) is 5.38 Å². The van der Waals surface area contributed by atoms with Crippen LogP contribution in [0.3, 0.4) is 0 Å². The molecule has 0 saturated carbocycles. The van der Waals surface area contributed by atoms with Gasteiger partial charge in [-0.05, 0) is 25.1 Å². The summed E-state index contributed by atoms with van der Waals surface area (Å²) in [5.74, 6) is -0.515. The Kier molecular flexibility index (Phi) is 4.69. The first-order valence-corrected chi connectivity index (χ1v) is 6.95. The number of carboxylic acids is 1. The van der Waals surface area contributed by atoms with Crippen molar-refractivity contribution in [2.75, 3.05) is 0 Å². The number of aromatic nitrogens is 1. The molecule has 0 radical (unpaired) electrons. The van der Waals surface area contributed by atoms with Gasteiger partial charge in [-0.25, -0.2) is 9.78 Å². The zero-order valence-corrected chi connectivity index (χ0v) is 12.1. The van der Waals surface area contributed by atoms with E-state index in [-0.39, 0.29) is 5.57 Å². The fraction of sp³-hybridized carbons (Fsp3) is 0.133. The highest BCUT2D eigenvalue weighted by Gasteiger charge is 2.08. The van der Waals surface area contributed by atoms with E-state index >= 15 is 0 Å². The third-order valence-corrected chi connectivity index (χ3v) is 3.44. The van der Waals surface area contributed by atoms with Crippen LogP contribution in [0.15, 0.2) is 35.2 Å². The van der Waals surface area contributed by atoms with E-state index in [1.807, 2.05) is 31.2 Å². The van der Waals surface area contributed by atoms with E-state index in [9.17, 15) is 4.79 Å². The van der Waals surface area contributed by atoms with E-state index in [2.05, 4.69) is 4.98 Å². The average Bonchev–Trinajstić information content (AvgIpc) is 2.91. The fourth-order valence-corrected chi connectivity index (χ4v) is 2.19. The number of nitrogens with zero attached hydrogens (tertiary/aromatic N) is 2. The number of aliphatic carboxylic acids is 1. The summed E-state index contributed by atoms with van der Waals surface area (Å²) in [6, 6.07) is 9.28. The highest BCUT2D eigenvalue weighted by atomic mass is 32.1. The van der Waals surface area contributed by atoms with Crippen LogP contribution in [0.2, 0.25) is 0 Å². The monoisotopic (exact) mass is 300 g/mol. The van der Waals surface area contributed by atoms with Crippen molar-refractivity contribution in [1.29, 1.82) is 5.26 Å². The van der Waals surface area contributed by atoms with Crippen LogP contribution in [0.4, 0.5) is 0 Å². The highest BCUT2D eigenvalue weighted by Crippen LogP contribution is 2.17. The Hall–Kier alpha value is -2.65. The van der Waals surface area contributed by atoms with Crippen molar-refractivity contribution in [2.24, 2.45) is 0 Å². The van der Waals surface area contributed by atoms with Gasteiger partial charge in [0.25, 0.3) is 0 Å². The van der Waals surface area contributed by atoms with Gasteiger partial charge < -0.3 is 9.84 Å². The molecule has 0 aliphatic heterocycles. The maximum absolute atomic E-state index is 10.7. The van der Waals surface area contributed by atoms with Crippen LogP contribution >= 0.6 is 11.3 Å². The normalized spacial score (nSPS) is 11.0. The number of nitriles is 1. The Morgan fingerprint density at radius 3 is 2.81 bits per heavy atom. The summed E-state index contributed by atoms with van der Waals surface area (Å²) in [5, 5.41) is 19.9. The van der Waals surface area contributed by atoms with E-state index in [0.29, 0.717) is 17.3 Å².